The lowest BCUT2D eigenvalue weighted by Gasteiger charge is -2.14. The standard InChI is InChI=1S/C19H28N4O4S2/c1-5-20-19(23-15-8-9-16(26-4)17(13-15)27-6-2)21-11-12-22-29(24,25)18-10-7-14(3)28-18/h7-10,13,22H,5-6,11-12H2,1-4H3,(H2,20,21,23). The van der Waals surface area contributed by atoms with E-state index in [1.807, 2.05) is 39.0 Å². The zero-order valence-electron chi connectivity index (χ0n) is 17.1. The number of hydrogen-bond donors (Lipinski definition) is 3. The summed E-state index contributed by atoms with van der Waals surface area (Å²) in [6, 6.07) is 8.90. The molecule has 0 fully saturated rings. The van der Waals surface area contributed by atoms with Crippen LogP contribution in [0.4, 0.5) is 5.69 Å². The summed E-state index contributed by atoms with van der Waals surface area (Å²) in [6.07, 6.45) is 0. The molecule has 0 spiro atoms. The summed E-state index contributed by atoms with van der Waals surface area (Å²) in [5.74, 6) is 1.83. The molecule has 0 bridgehead atoms. The maximum Gasteiger partial charge on any atom is 0.250 e. The third-order valence-corrected chi connectivity index (χ3v) is 6.68. The molecular formula is C19H28N4O4S2. The first-order valence-corrected chi connectivity index (χ1v) is 11.6. The lowest BCUT2D eigenvalue weighted by Crippen LogP contribution is -2.32. The number of anilines is 1. The second-order valence-corrected chi connectivity index (χ2v) is 9.23. The molecule has 1 aromatic heterocycles. The van der Waals surface area contributed by atoms with Crippen LogP contribution < -0.4 is 24.8 Å². The molecular weight excluding hydrogens is 412 g/mol. The van der Waals surface area contributed by atoms with E-state index in [2.05, 4.69) is 20.3 Å². The Kier molecular flexibility index (Phi) is 8.74. The fourth-order valence-corrected chi connectivity index (χ4v) is 4.79. The largest absolute Gasteiger partial charge is 0.493 e. The molecule has 1 aromatic carbocycles. The molecule has 29 heavy (non-hydrogen) atoms. The average molecular weight is 441 g/mol. The van der Waals surface area contributed by atoms with Crippen molar-refractivity contribution in [3.05, 3.63) is 35.2 Å². The van der Waals surface area contributed by atoms with Crippen LogP contribution in [0.25, 0.3) is 0 Å². The monoisotopic (exact) mass is 440 g/mol. The maximum absolute atomic E-state index is 12.3. The third kappa shape index (κ3) is 6.91. The summed E-state index contributed by atoms with van der Waals surface area (Å²) in [6.45, 7) is 7.41. The number of nitrogens with zero attached hydrogens (tertiary/aromatic N) is 1. The van der Waals surface area contributed by atoms with Gasteiger partial charge < -0.3 is 20.1 Å². The van der Waals surface area contributed by atoms with E-state index in [0.717, 1.165) is 10.6 Å². The summed E-state index contributed by atoms with van der Waals surface area (Å²) in [4.78, 5) is 5.38. The van der Waals surface area contributed by atoms with Crippen molar-refractivity contribution in [2.45, 2.75) is 25.0 Å². The quantitative estimate of drug-likeness (QED) is 0.298. The van der Waals surface area contributed by atoms with Crippen LogP contribution in [0.15, 0.2) is 39.5 Å². The van der Waals surface area contributed by atoms with Crippen molar-refractivity contribution in [2.75, 3.05) is 38.7 Å². The molecule has 0 aliphatic rings. The van der Waals surface area contributed by atoms with E-state index in [-0.39, 0.29) is 13.1 Å². The number of methoxy groups -OCH3 is 1. The predicted molar refractivity (Wildman–Crippen MR) is 118 cm³/mol. The number of thiophene rings is 1. The fraction of sp³-hybridized carbons (Fsp3) is 0.421. The van der Waals surface area contributed by atoms with Gasteiger partial charge in [-0.3, -0.25) is 4.99 Å². The summed E-state index contributed by atoms with van der Waals surface area (Å²) in [5, 5.41) is 6.33. The van der Waals surface area contributed by atoms with Crippen LogP contribution in [0.1, 0.15) is 18.7 Å². The fourth-order valence-electron chi connectivity index (χ4n) is 2.44. The van der Waals surface area contributed by atoms with Gasteiger partial charge in [0.25, 0.3) is 0 Å². The highest BCUT2D eigenvalue weighted by Crippen LogP contribution is 2.30. The number of ether oxygens (including phenoxy) is 2. The zero-order valence-corrected chi connectivity index (χ0v) is 18.7. The Morgan fingerprint density at radius 1 is 1.17 bits per heavy atom. The predicted octanol–water partition coefficient (Wildman–Crippen LogP) is 2.82. The van der Waals surface area contributed by atoms with Gasteiger partial charge >= 0.3 is 0 Å². The van der Waals surface area contributed by atoms with Gasteiger partial charge in [0.2, 0.25) is 10.0 Å². The Labute approximate surface area is 176 Å². The molecule has 0 atom stereocenters. The topological polar surface area (TPSA) is 101 Å². The van der Waals surface area contributed by atoms with E-state index in [1.165, 1.54) is 11.3 Å². The Hall–Kier alpha value is -2.30. The number of aryl methyl sites for hydroxylation is 1. The van der Waals surface area contributed by atoms with E-state index in [0.29, 0.717) is 34.8 Å². The average Bonchev–Trinajstić information content (AvgIpc) is 3.13. The van der Waals surface area contributed by atoms with Gasteiger partial charge in [0.05, 0.1) is 20.3 Å². The molecule has 0 amide bonds. The van der Waals surface area contributed by atoms with Crippen molar-refractivity contribution < 1.29 is 17.9 Å². The van der Waals surface area contributed by atoms with Crippen molar-refractivity contribution in [1.82, 2.24) is 10.0 Å². The number of sulfonamides is 1. The zero-order chi connectivity index (χ0) is 21.3. The van der Waals surface area contributed by atoms with Crippen molar-refractivity contribution in [3.63, 3.8) is 0 Å². The molecule has 2 rings (SSSR count). The van der Waals surface area contributed by atoms with E-state index in [1.54, 1.807) is 19.2 Å². The van der Waals surface area contributed by atoms with Gasteiger partial charge in [0.15, 0.2) is 17.5 Å². The lowest BCUT2D eigenvalue weighted by molar-refractivity contribution is 0.311. The van der Waals surface area contributed by atoms with Crippen LogP contribution >= 0.6 is 11.3 Å². The van der Waals surface area contributed by atoms with E-state index < -0.39 is 10.0 Å². The number of hydrogen-bond acceptors (Lipinski definition) is 6. The second-order valence-electron chi connectivity index (χ2n) is 5.95. The molecule has 10 heteroatoms. The minimum absolute atomic E-state index is 0.197. The molecule has 0 radical (unpaired) electrons. The molecule has 0 saturated carbocycles. The minimum atomic E-state index is -3.50. The summed E-state index contributed by atoms with van der Waals surface area (Å²) < 4.78 is 38.3. The molecule has 8 nitrogen and oxygen atoms in total. The van der Waals surface area contributed by atoms with Gasteiger partial charge in [-0.1, -0.05) is 0 Å². The van der Waals surface area contributed by atoms with E-state index >= 15 is 0 Å². The summed E-state index contributed by atoms with van der Waals surface area (Å²) in [5.41, 5.74) is 0.781. The van der Waals surface area contributed by atoms with Crippen LogP contribution in [-0.2, 0) is 10.0 Å². The van der Waals surface area contributed by atoms with Crippen molar-refractivity contribution >= 4 is 33.0 Å². The maximum atomic E-state index is 12.3. The van der Waals surface area contributed by atoms with Crippen LogP contribution in [0, 0.1) is 6.92 Å². The minimum Gasteiger partial charge on any atom is -0.493 e. The third-order valence-electron chi connectivity index (χ3n) is 3.72. The summed E-state index contributed by atoms with van der Waals surface area (Å²) >= 11 is 1.24. The molecule has 2 aromatic rings. The van der Waals surface area contributed by atoms with Crippen LogP contribution in [0.3, 0.4) is 0 Å². The molecule has 0 saturated heterocycles. The molecule has 1 heterocycles. The lowest BCUT2D eigenvalue weighted by atomic mass is 10.2. The van der Waals surface area contributed by atoms with Gasteiger partial charge in [-0.05, 0) is 45.0 Å². The van der Waals surface area contributed by atoms with Crippen LogP contribution in [0.2, 0.25) is 0 Å². The number of nitrogens with one attached hydrogen (secondary N) is 3. The highest BCUT2D eigenvalue weighted by molar-refractivity contribution is 7.91. The number of aliphatic imine (C=N–C) groups is 1. The Bertz CT molecular complexity index is 926. The van der Waals surface area contributed by atoms with Gasteiger partial charge in [0, 0.05) is 29.7 Å². The van der Waals surface area contributed by atoms with E-state index in [4.69, 9.17) is 9.47 Å². The SMILES string of the molecule is CCNC(=NCCNS(=O)(=O)c1ccc(C)s1)Nc1ccc(OC)c(OCC)c1. The summed E-state index contributed by atoms with van der Waals surface area (Å²) in [7, 11) is -1.91. The van der Waals surface area contributed by atoms with Gasteiger partial charge in [0.1, 0.15) is 4.21 Å². The number of benzene rings is 1. The Morgan fingerprint density at radius 2 is 1.97 bits per heavy atom. The smallest absolute Gasteiger partial charge is 0.250 e. The molecule has 0 aliphatic heterocycles. The molecule has 3 N–H and O–H groups in total. The van der Waals surface area contributed by atoms with Crippen molar-refractivity contribution in [3.8, 4) is 11.5 Å². The van der Waals surface area contributed by atoms with Crippen molar-refractivity contribution in [1.29, 1.82) is 0 Å². The van der Waals surface area contributed by atoms with Gasteiger partial charge in [-0.25, -0.2) is 13.1 Å². The first-order chi connectivity index (χ1) is 13.9. The first kappa shape index (κ1) is 23.0. The van der Waals surface area contributed by atoms with Crippen LogP contribution in [0.5, 0.6) is 11.5 Å². The highest BCUT2D eigenvalue weighted by atomic mass is 32.2. The number of rotatable bonds is 10. The normalized spacial score (nSPS) is 11.9. The van der Waals surface area contributed by atoms with Gasteiger partial charge in [-0.15, -0.1) is 11.3 Å². The van der Waals surface area contributed by atoms with Gasteiger partial charge in [-0.2, -0.15) is 0 Å². The van der Waals surface area contributed by atoms with Crippen molar-refractivity contribution in [2.24, 2.45) is 4.99 Å². The number of guanidine groups is 1. The Morgan fingerprint density at radius 3 is 2.59 bits per heavy atom. The first-order valence-electron chi connectivity index (χ1n) is 9.31. The second kappa shape index (κ2) is 11.0. The highest BCUT2D eigenvalue weighted by Gasteiger charge is 2.15. The Balaban J connectivity index is 2.00. The molecule has 0 aliphatic carbocycles. The van der Waals surface area contributed by atoms with E-state index in [9.17, 15) is 8.42 Å². The van der Waals surface area contributed by atoms with Crippen LogP contribution in [-0.4, -0.2) is 47.7 Å². The molecule has 0 unspecified atom stereocenters. The molecule has 160 valence electrons.